The number of likely N-dealkylation sites (tertiary alicyclic amines) is 1. The lowest BCUT2D eigenvalue weighted by atomic mass is 9.99. The molecule has 0 radical (unpaired) electrons. The van der Waals surface area contributed by atoms with Crippen LogP contribution in [0.4, 0.5) is 0 Å². The molecule has 6 nitrogen and oxygen atoms in total. The molecule has 0 aliphatic carbocycles. The zero-order chi connectivity index (χ0) is 13.4. The molecule has 2 aliphatic rings. The molecule has 3 rings (SSSR count). The average Bonchev–Trinajstić information content (AvgIpc) is 2.94. The Balaban J connectivity index is 1.76. The smallest absolute Gasteiger partial charge is 0.314 e. The topological polar surface area (TPSA) is 71.2 Å². The maximum absolute atomic E-state index is 11.2. The summed E-state index contributed by atoms with van der Waals surface area (Å²) >= 11 is 0. The fourth-order valence-corrected chi connectivity index (χ4v) is 3.17. The van der Waals surface area contributed by atoms with E-state index in [0.29, 0.717) is 18.2 Å². The van der Waals surface area contributed by atoms with Crippen molar-refractivity contribution in [1.29, 1.82) is 0 Å². The van der Waals surface area contributed by atoms with Crippen LogP contribution in [0.1, 0.15) is 36.8 Å². The van der Waals surface area contributed by atoms with E-state index in [1.807, 2.05) is 0 Å². The van der Waals surface area contributed by atoms with E-state index in [0.717, 1.165) is 38.3 Å². The van der Waals surface area contributed by atoms with Crippen LogP contribution in [0.5, 0.6) is 0 Å². The van der Waals surface area contributed by atoms with Gasteiger partial charge in [-0.25, -0.2) is 9.67 Å². The molecule has 0 bridgehead atoms. The highest BCUT2D eigenvalue weighted by Gasteiger charge is 2.30. The van der Waals surface area contributed by atoms with Crippen molar-refractivity contribution in [2.24, 2.45) is 5.92 Å². The molecule has 19 heavy (non-hydrogen) atoms. The zero-order valence-electron chi connectivity index (χ0n) is 11.2. The number of carboxylic acids is 1. The third-order valence-corrected chi connectivity index (χ3v) is 4.18. The Bertz CT molecular complexity index is 485. The lowest BCUT2D eigenvalue weighted by Crippen LogP contribution is -2.22. The first-order valence-corrected chi connectivity index (χ1v) is 6.98. The van der Waals surface area contributed by atoms with E-state index >= 15 is 0 Å². The molecule has 104 valence electrons. The Morgan fingerprint density at radius 3 is 2.95 bits per heavy atom. The summed E-state index contributed by atoms with van der Waals surface area (Å²) in [5, 5.41) is 13.7. The molecule has 0 saturated carbocycles. The fourth-order valence-electron chi connectivity index (χ4n) is 3.17. The Labute approximate surface area is 112 Å². The van der Waals surface area contributed by atoms with Crippen molar-refractivity contribution in [3.63, 3.8) is 0 Å². The summed E-state index contributed by atoms with van der Waals surface area (Å²) in [6.45, 7) is 3.03. The van der Waals surface area contributed by atoms with Crippen molar-refractivity contribution < 1.29 is 9.90 Å². The Hall–Kier alpha value is -1.43. The number of carboxylic acid groups (broad SMARTS) is 1. The van der Waals surface area contributed by atoms with Crippen LogP contribution in [-0.2, 0) is 17.8 Å². The van der Waals surface area contributed by atoms with Crippen molar-refractivity contribution in [2.75, 3.05) is 20.1 Å². The van der Waals surface area contributed by atoms with Gasteiger partial charge in [0.05, 0.1) is 0 Å². The normalized spacial score (nSPS) is 27.4. The number of aliphatic carboxylic acids is 1. The highest BCUT2D eigenvalue weighted by Crippen LogP contribution is 2.26. The quantitative estimate of drug-likeness (QED) is 0.871. The number of carbonyl (C=O) groups is 1. The molecule has 6 heteroatoms. The molecule has 0 amide bonds. The van der Waals surface area contributed by atoms with Crippen LogP contribution in [0.15, 0.2) is 0 Å². The van der Waals surface area contributed by atoms with E-state index in [1.165, 1.54) is 6.42 Å². The first-order chi connectivity index (χ1) is 9.13. The monoisotopic (exact) mass is 264 g/mol. The Morgan fingerprint density at radius 2 is 2.26 bits per heavy atom. The number of hydrogen-bond donors (Lipinski definition) is 1. The number of rotatable bonds is 3. The first-order valence-electron chi connectivity index (χ1n) is 6.98. The van der Waals surface area contributed by atoms with Gasteiger partial charge >= 0.3 is 5.97 Å². The number of aromatic nitrogens is 3. The van der Waals surface area contributed by atoms with Gasteiger partial charge in [-0.2, -0.15) is 5.10 Å². The van der Waals surface area contributed by atoms with Crippen molar-refractivity contribution in [3.8, 4) is 0 Å². The SMILES string of the molecule is CN1CCC(Cc2nc3n(n2)CCCC3C(=O)O)C1. The molecule has 1 aromatic heterocycles. The fraction of sp³-hybridized carbons (Fsp3) is 0.769. The number of fused-ring (bicyclic) bond motifs is 1. The molecule has 0 spiro atoms. The van der Waals surface area contributed by atoms with Gasteiger partial charge < -0.3 is 10.0 Å². The summed E-state index contributed by atoms with van der Waals surface area (Å²) in [6.07, 6.45) is 3.61. The molecule has 1 fully saturated rings. The number of hydrogen-bond acceptors (Lipinski definition) is 4. The molecule has 1 aromatic rings. The van der Waals surface area contributed by atoms with Crippen LogP contribution in [-0.4, -0.2) is 50.9 Å². The lowest BCUT2D eigenvalue weighted by Gasteiger charge is -2.17. The minimum absolute atomic E-state index is 0.471. The second-order valence-corrected chi connectivity index (χ2v) is 5.76. The molecule has 2 unspecified atom stereocenters. The van der Waals surface area contributed by atoms with Gasteiger partial charge in [-0.05, 0) is 38.8 Å². The largest absolute Gasteiger partial charge is 0.481 e. The highest BCUT2D eigenvalue weighted by molar-refractivity contribution is 5.75. The molecular weight excluding hydrogens is 244 g/mol. The van der Waals surface area contributed by atoms with Crippen LogP contribution in [0.3, 0.4) is 0 Å². The van der Waals surface area contributed by atoms with Gasteiger partial charge in [0.1, 0.15) is 11.7 Å². The third-order valence-electron chi connectivity index (χ3n) is 4.18. The molecule has 1 N–H and O–H groups in total. The van der Waals surface area contributed by atoms with E-state index in [4.69, 9.17) is 0 Å². The molecule has 3 heterocycles. The molecule has 0 aromatic carbocycles. The predicted molar refractivity (Wildman–Crippen MR) is 68.9 cm³/mol. The molecule has 1 saturated heterocycles. The summed E-state index contributed by atoms with van der Waals surface area (Å²) in [5.74, 6) is 0.836. The lowest BCUT2D eigenvalue weighted by molar-refractivity contribution is -0.139. The Kier molecular flexibility index (Phi) is 3.26. The van der Waals surface area contributed by atoms with Gasteiger partial charge in [-0.3, -0.25) is 4.79 Å². The number of aryl methyl sites for hydroxylation is 1. The number of nitrogens with zero attached hydrogens (tertiary/aromatic N) is 4. The summed E-state index contributed by atoms with van der Waals surface area (Å²) < 4.78 is 1.80. The molecule has 2 aliphatic heterocycles. The van der Waals surface area contributed by atoms with E-state index in [2.05, 4.69) is 22.0 Å². The van der Waals surface area contributed by atoms with Crippen molar-refractivity contribution >= 4 is 5.97 Å². The van der Waals surface area contributed by atoms with E-state index < -0.39 is 11.9 Å². The standard InChI is InChI=1S/C13H20N4O2/c1-16-6-4-9(8-16)7-11-14-12-10(13(18)19)3-2-5-17(12)15-11/h9-10H,2-8H2,1H3,(H,18,19). The van der Waals surface area contributed by atoms with Gasteiger partial charge in [-0.15, -0.1) is 0 Å². The van der Waals surface area contributed by atoms with Gasteiger partial charge in [0.2, 0.25) is 0 Å². The van der Waals surface area contributed by atoms with Gasteiger partial charge in [0, 0.05) is 19.5 Å². The third kappa shape index (κ3) is 2.49. The molecule has 2 atom stereocenters. The predicted octanol–water partition coefficient (Wildman–Crippen LogP) is 0.734. The zero-order valence-corrected chi connectivity index (χ0v) is 11.2. The van der Waals surface area contributed by atoms with Crippen LogP contribution in [0.25, 0.3) is 0 Å². The van der Waals surface area contributed by atoms with Crippen LogP contribution in [0, 0.1) is 5.92 Å². The first kappa shape index (κ1) is 12.6. The second kappa shape index (κ2) is 4.92. The minimum atomic E-state index is -0.777. The highest BCUT2D eigenvalue weighted by atomic mass is 16.4. The second-order valence-electron chi connectivity index (χ2n) is 5.76. The Morgan fingerprint density at radius 1 is 1.42 bits per heavy atom. The van der Waals surface area contributed by atoms with Crippen LogP contribution in [0.2, 0.25) is 0 Å². The van der Waals surface area contributed by atoms with Gasteiger partial charge in [0.15, 0.2) is 5.82 Å². The van der Waals surface area contributed by atoms with Crippen molar-refractivity contribution in [3.05, 3.63) is 11.6 Å². The summed E-state index contributed by atoms with van der Waals surface area (Å²) in [4.78, 5) is 18.0. The van der Waals surface area contributed by atoms with Crippen molar-refractivity contribution in [2.45, 2.75) is 38.1 Å². The van der Waals surface area contributed by atoms with Crippen LogP contribution >= 0.6 is 0 Å². The minimum Gasteiger partial charge on any atom is -0.481 e. The summed E-state index contributed by atoms with van der Waals surface area (Å²) in [5.41, 5.74) is 0. The van der Waals surface area contributed by atoms with Gasteiger partial charge in [-0.1, -0.05) is 0 Å². The maximum Gasteiger partial charge on any atom is 0.314 e. The van der Waals surface area contributed by atoms with Gasteiger partial charge in [0.25, 0.3) is 0 Å². The van der Waals surface area contributed by atoms with E-state index in [-0.39, 0.29) is 0 Å². The summed E-state index contributed by atoms with van der Waals surface area (Å²) in [6, 6.07) is 0. The van der Waals surface area contributed by atoms with Crippen LogP contribution < -0.4 is 0 Å². The maximum atomic E-state index is 11.2. The molecular formula is C13H20N4O2. The van der Waals surface area contributed by atoms with E-state index in [9.17, 15) is 9.90 Å². The average molecular weight is 264 g/mol. The van der Waals surface area contributed by atoms with E-state index in [1.54, 1.807) is 4.68 Å². The van der Waals surface area contributed by atoms with Crippen molar-refractivity contribution in [1.82, 2.24) is 19.7 Å². The summed E-state index contributed by atoms with van der Waals surface area (Å²) in [7, 11) is 2.13.